The number of rotatable bonds is 9. The van der Waals surface area contributed by atoms with Gasteiger partial charge in [-0.1, -0.05) is 50.8 Å². The molecule has 0 bridgehead atoms. The molecular formula is C35H55N5O2. The molecule has 0 spiro atoms. The average molecular weight is 578 g/mol. The van der Waals surface area contributed by atoms with E-state index in [2.05, 4.69) is 66.3 Å². The minimum atomic E-state index is -0.149. The minimum absolute atomic E-state index is 0.149. The number of allylic oxidation sites excluding steroid dienone is 7. The van der Waals surface area contributed by atoms with Crippen LogP contribution < -0.4 is 16.0 Å². The third-order valence-corrected chi connectivity index (χ3v) is 5.65. The summed E-state index contributed by atoms with van der Waals surface area (Å²) in [6.07, 6.45) is 19.6. The highest BCUT2D eigenvalue weighted by Crippen LogP contribution is 2.30. The van der Waals surface area contributed by atoms with E-state index in [1.807, 2.05) is 88.8 Å². The van der Waals surface area contributed by atoms with E-state index in [-0.39, 0.29) is 12.5 Å². The predicted octanol–water partition coefficient (Wildman–Crippen LogP) is 7.03. The molecule has 42 heavy (non-hydrogen) atoms. The summed E-state index contributed by atoms with van der Waals surface area (Å²) >= 11 is 0. The van der Waals surface area contributed by atoms with Crippen LogP contribution in [-0.2, 0) is 0 Å². The molecule has 2 aromatic rings. The van der Waals surface area contributed by atoms with Crippen LogP contribution in [0.5, 0.6) is 0 Å². The van der Waals surface area contributed by atoms with Crippen molar-refractivity contribution in [1.82, 2.24) is 25.3 Å². The van der Waals surface area contributed by atoms with E-state index in [1.54, 1.807) is 12.3 Å². The lowest BCUT2D eigenvalue weighted by Gasteiger charge is -2.08. The zero-order valence-corrected chi connectivity index (χ0v) is 27.0. The first kappa shape index (κ1) is 40.2. The van der Waals surface area contributed by atoms with Crippen molar-refractivity contribution in [3.05, 3.63) is 116 Å². The molecule has 1 aliphatic carbocycles. The standard InChI is InChI=1S/C16H20N4O.C12H19NO.C3H6.C2H6.C2H4/c1-4-12(8-9-17-3)13-6-7-15-19-14(11-20(15)10-13)16(21)18-5-2;1-3-5-11-9-12(13-6-7-14)8-10(11)4-2;1-3-2;2*1-2/h4,6-11,17H,5H2,1-3H3,(H,18,21);3-5,12-14H,1,6-9H2,2H3;3H,1H2,2H3;1-2H3;1-2H2/b9-8-,12-4+;10-4-,11-5-;;;. The molecule has 0 saturated heterocycles. The summed E-state index contributed by atoms with van der Waals surface area (Å²) in [5.74, 6) is -0.149. The molecule has 2 heterocycles. The fraction of sp³-hybridized carbons (Fsp3) is 0.371. The van der Waals surface area contributed by atoms with Crippen LogP contribution in [-0.4, -0.2) is 53.2 Å². The Bertz CT molecular complexity index is 1170. The summed E-state index contributed by atoms with van der Waals surface area (Å²) in [5, 5.41) is 17.8. The lowest BCUT2D eigenvalue weighted by atomic mass is 10.1. The molecule has 1 aliphatic rings. The van der Waals surface area contributed by atoms with Gasteiger partial charge < -0.3 is 25.5 Å². The Morgan fingerprint density at radius 1 is 1.12 bits per heavy atom. The first-order chi connectivity index (χ1) is 20.4. The third kappa shape index (κ3) is 14.6. The van der Waals surface area contributed by atoms with E-state index in [9.17, 15) is 4.79 Å². The summed E-state index contributed by atoms with van der Waals surface area (Å²) in [5.41, 5.74) is 6.13. The minimum Gasteiger partial charge on any atom is -0.395 e. The molecule has 1 atom stereocenters. The maximum absolute atomic E-state index is 11.8. The van der Waals surface area contributed by atoms with Gasteiger partial charge in [0.05, 0.1) is 6.61 Å². The lowest BCUT2D eigenvalue weighted by Crippen LogP contribution is -2.28. The van der Waals surface area contributed by atoms with Gasteiger partial charge in [-0.2, -0.15) is 0 Å². The van der Waals surface area contributed by atoms with E-state index in [1.165, 1.54) is 11.1 Å². The SMILES string of the molecule is C/C=C(\C=C/NC)c1ccc2nc(C(=O)NCC)cn2c1.C=C.C=C/C=C1/CC(NCCO)C/C1=C/C.C=CC.CC. The van der Waals surface area contributed by atoms with E-state index in [0.29, 0.717) is 24.8 Å². The number of carbonyl (C=O) groups is 1. The second-order valence-electron chi connectivity index (χ2n) is 8.47. The second kappa shape index (κ2) is 26.0. The van der Waals surface area contributed by atoms with Gasteiger partial charge in [-0.05, 0) is 87.2 Å². The number of nitrogens with one attached hydrogen (secondary N) is 3. The van der Waals surface area contributed by atoms with Gasteiger partial charge in [0, 0.05) is 38.6 Å². The Kier molecular flexibility index (Phi) is 24.9. The molecule has 1 unspecified atom stereocenters. The average Bonchev–Trinajstić information content (AvgIpc) is 3.63. The number of aliphatic hydroxyl groups excluding tert-OH is 1. The lowest BCUT2D eigenvalue weighted by molar-refractivity contribution is 0.0951. The van der Waals surface area contributed by atoms with Crippen molar-refractivity contribution in [3.63, 3.8) is 0 Å². The van der Waals surface area contributed by atoms with E-state index in [0.717, 1.165) is 29.6 Å². The smallest absolute Gasteiger partial charge is 0.271 e. The summed E-state index contributed by atoms with van der Waals surface area (Å²) in [6, 6.07) is 4.40. The van der Waals surface area contributed by atoms with E-state index >= 15 is 0 Å². The van der Waals surface area contributed by atoms with E-state index in [4.69, 9.17) is 5.11 Å². The van der Waals surface area contributed by atoms with Gasteiger partial charge in [0.15, 0.2) is 0 Å². The van der Waals surface area contributed by atoms with E-state index < -0.39 is 0 Å². The normalized spacial score (nSPS) is 15.7. The molecule has 1 amide bonds. The van der Waals surface area contributed by atoms with Gasteiger partial charge in [-0.15, -0.1) is 19.7 Å². The van der Waals surface area contributed by atoms with Crippen molar-refractivity contribution >= 4 is 17.1 Å². The fourth-order valence-electron chi connectivity index (χ4n) is 3.95. The highest BCUT2D eigenvalue weighted by molar-refractivity contribution is 5.92. The number of aliphatic hydroxyl groups is 1. The number of carbonyl (C=O) groups excluding carboxylic acids is 1. The van der Waals surface area contributed by atoms with Crippen LogP contribution in [0.2, 0.25) is 0 Å². The number of imidazole rings is 1. The van der Waals surface area contributed by atoms with Crippen LogP contribution in [0.4, 0.5) is 0 Å². The summed E-state index contributed by atoms with van der Waals surface area (Å²) in [7, 11) is 1.86. The maximum atomic E-state index is 11.8. The quantitative estimate of drug-likeness (QED) is 0.190. The van der Waals surface area contributed by atoms with Gasteiger partial charge >= 0.3 is 0 Å². The first-order valence-corrected chi connectivity index (χ1v) is 14.6. The molecular weight excluding hydrogens is 522 g/mol. The number of fused-ring (bicyclic) bond motifs is 1. The van der Waals surface area contributed by atoms with Crippen molar-refractivity contribution in [3.8, 4) is 0 Å². The van der Waals surface area contributed by atoms with Crippen LogP contribution in [0.15, 0.2) is 105 Å². The zero-order valence-electron chi connectivity index (χ0n) is 27.0. The summed E-state index contributed by atoms with van der Waals surface area (Å²) in [6.45, 7) is 26.4. The number of pyridine rings is 1. The van der Waals surface area contributed by atoms with Crippen LogP contribution in [0.25, 0.3) is 11.2 Å². The summed E-state index contributed by atoms with van der Waals surface area (Å²) in [4.78, 5) is 16.1. The van der Waals surface area contributed by atoms with Crippen LogP contribution in [0.3, 0.4) is 0 Å². The van der Waals surface area contributed by atoms with Crippen molar-refractivity contribution in [2.75, 3.05) is 26.7 Å². The fourth-order valence-corrected chi connectivity index (χ4v) is 3.95. The first-order valence-electron chi connectivity index (χ1n) is 14.6. The molecule has 7 nitrogen and oxygen atoms in total. The summed E-state index contributed by atoms with van der Waals surface area (Å²) < 4.78 is 1.87. The molecule has 2 aromatic heterocycles. The Morgan fingerprint density at radius 2 is 1.76 bits per heavy atom. The molecule has 0 aliphatic heterocycles. The van der Waals surface area contributed by atoms with Crippen LogP contribution in [0.1, 0.15) is 70.4 Å². The number of hydrogen-bond acceptors (Lipinski definition) is 5. The highest BCUT2D eigenvalue weighted by Gasteiger charge is 2.22. The van der Waals surface area contributed by atoms with Crippen LogP contribution >= 0.6 is 0 Å². The van der Waals surface area contributed by atoms with Crippen molar-refractivity contribution in [2.45, 2.75) is 60.4 Å². The molecule has 1 saturated carbocycles. The van der Waals surface area contributed by atoms with Gasteiger partial charge in [-0.3, -0.25) is 4.79 Å². The largest absolute Gasteiger partial charge is 0.395 e. The molecule has 0 radical (unpaired) electrons. The number of nitrogens with zero attached hydrogens (tertiary/aromatic N) is 2. The topological polar surface area (TPSA) is 90.7 Å². The van der Waals surface area contributed by atoms with Gasteiger partial charge in [0.2, 0.25) is 0 Å². The van der Waals surface area contributed by atoms with Gasteiger partial charge in [0.1, 0.15) is 11.3 Å². The van der Waals surface area contributed by atoms with Gasteiger partial charge in [-0.25, -0.2) is 4.98 Å². The molecule has 1 fully saturated rings. The number of hydrogen-bond donors (Lipinski definition) is 4. The molecule has 4 N–H and O–H groups in total. The number of amides is 1. The molecule has 3 rings (SSSR count). The highest BCUT2D eigenvalue weighted by atomic mass is 16.3. The Labute approximate surface area is 255 Å². The zero-order chi connectivity index (χ0) is 32.3. The van der Waals surface area contributed by atoms with Crippen LogP contribution in [0, 0.1) is 0 Å². The van der Waals surface area contributed by atoms with Gasteiger partial charge in [0.25, 0.3) is 5.91 Å². The maximum Gasteiger partial charge on any atom is 0.271 e. The Hall–Kier alpha value is -3.94. The predicted molar refractivity (Wildman–Crippen MR) is 184 cm³/mol. The molecule has 232 valence electrons. The Balaban J connectivity index is 0. The van der Waals surface area contributed by atoms with Crippen molar-refractivity contribution < 1.29 is 9.90 Å². The second-order valence-corrected chi connectivity index (χ2v) is 8.47. The number of aromatic nitrogens is 2. The van der Waals surface area contributed by atoms with Crippen molar-refractivity contribution in [2.24, 2.45) is 0 Å². The third-order valence-electron chi connectivity index (χ3n) is 5.65. The van der Waals surface area contributed by atoms with Crippen molar-refractivity contribution in [1.29, 1.82) is 0 Å². The molecule has 0 aromatic carbocycles. The molecule has 7 heteroatoms. The monoisotopic (exact) mass is 577 g/mol. The Morgan fingerprint density at radius 3 is 2.29 bits per heavy atom.